The van der Waals surface area contributed by atoms with E-state index in [1.54, 1.807) is 0 Å². The molecule has 5 heteroatoms. The molecule has 0 unspecified atom stereocenters. The molecule has 1 N–H and O–H groups in total. The van der Waals surface area contributed by atoms with Crippen molar-refractivity contribution >= 4 is 16.5 Å². The van der Waals surface area contributed by atoms with Crippen molar-refractivity contribution in [3.63, 3.8) is 0 Å². The number of thiazole rings is 1. The lowest BCUT2D eigenvalue weighted by atomic mass is 10.0. The Labute approximate surface area is 126 Å². The fraction of sp³-hybridized carbons (Fsp3) is 0.800. The Bertz CT molecular complexity index is 378. The summed E-state index contributed by atoms with van der Waals surface area (Å²) in [5, 5.41) is 4.42. The number of hydrogen-bond acceptors (Lipinski definition) is 5. The molecule has 20 heavy (non-hydrogen) atoms. The number of aromatic nitrogens is 1. The fourth-order valence-corrected chi connectivity index (χ4v) is 3.75. The van der Waals surface area contributed by atoms with Crippen LogP contribution in [-0.4, -0.2) is 38.8 Å². The molecular formula is C15H27N3OS. The molecule has 0 spiro atoms. The monoisotopic (exact) mass is 297 g/mol. The molecule has 4 nitrogen and oxygen atoms in total. The zero-order valence-corrected chi connectivity index (χ0v) is 13.8. The van der Waals surface area contributed by atoms with Crippen molar-refractivity contribution < 1.29 is 4.74 Å². The molecular weight excluding hydrogens is 270 g/mol. The van der Waals surface area contributed by atoms with E-state index in [9.17, 15) is 0 Å². The summed E-state index contributed by atoms with van der Waals surface area (Å²) < 4.78 is 5.43. The molecule has 0 aliphatic carbocycles. The second-order valence-electron chi connectivity index (χ2n) is 5.58. The molecule has 0 bridgehead atoms. The molecule has 1 fully saturated rings. The average molecular weight is 297 g/mol. The van der Waals surface area contributed by atoms with Crippen LogP contribution in [0.15, 0.2) is 0 Å². The summed E-state index contributed by atoms with van der Waals surface area (Å²) in [6.07, 6.45) is 4.60. The maximum atomic E-state index is 5.43. The Morgan fingerprint density at radius 2 is 2.15 bits per heavy atom. The van der Waals surface area contributed by atoms with Gasteiger partial charge in [0.25, 0.3) is 0 Å². The minimum Gasteiger partial charge on any atom is -0.381 e. The zero-order valence-electron chi connectivity index (χ0n) is 12.9. The summed E-state index contributed by atoms with van der Waals surface area (Å²) in [5.74, 6) is 0.750. The lowest BCUT2D eigenvalue weighted by molar-refractivity contribution is 0.0685. The summed E-state index contributed by atoms with van der Waals surface area (Å²) in [6, 6.07) is 0. The Morgan fingerprint density at radius 3 is 2.80 bits per heavy atom. The number of anilines is 1. The van der Waals surface area contributed by atoms with Crippen LogP contribution in [0.1, 0.15) is 36.8 Å². The highest BCUT2D eigenvalue weighted by molar-refractivity contribution is 7.15. The Balaban J connectivity index is 2.00. The van der Waals surface area contributed by atoms with E-state index in [-0.39, 0.29) is 0 Å². The molecule has 1 aromatic rings. The first-order valence-electron chi connectivity index (χ1n) is 7.66. The van der Waals surface area contributed by atoms with Gasteiger partial charge in [-0.2, -0.15) is 0 Å². The van der Waals surface area contributed by atoms with Gasteiger partial charge >= 0.3 is 0 Å². The molecule has 0 radical (unpaired) electrons. The van der Waals surface area contributed by atoms with Gasteiger partial charge in [0.2, 0.25) is 0 Å². The molecule has 114 valence electrons. The number of rotatable bonds is 7. The number of nitrogens with one attached hydrogen (secondary N) is 1. The van der Waals surface area contributed by atoms with Crippen molar-refractivity contribution in [2.75, 3.05) is 38.8 Å². The molecule has 1 saturated heterocycles. The lowest BCUT2D eigenvalue weighted by Gasteiger charge is -2.26. The molecule has 1 aromatic heterocycles. The third kappa shape index (κ3) is 4.17. The van der Waals surface area contributed by atoms with E-state index < -0.39 is 0 Å². The number of nitrogens with zero attached hydrogens (tertiary/aromatic N) is 2. The van der Waals surface area contributed by atoms with Crippen LogP contribution in [-0.2, 0) is 17.7 Å². The van der Waals surface area contributed by atoms with E-state index in [1.807, 2.05) is 18.4 Å². The maximum Gasteiger partial charge on any atom is 0.185 e. The van der Waals surface area contributed by atoms with Gasteiger partial charge < -0.3 is 15.0 Å². The van der Waals surface area contributed by atoms with Crippen molar-refractivity contribution in [1.29, 1.82) is 0 Å². The smallest absolute Gasteiger partial charge is 0.185 e. The Hall–Kier alpha value is -0.650. The third-order valence-corrected chi connectivity index (χ3v) is 5.00. The van der Waals surface area contributed by atoms with Crippen LogP contribution in [0.3, 0.4) is 0 Å². The zero-order chi connectivity index (χ0) is 14.4. The van der Waals surface area contributed by atoms with Crippen LogP contribution < -0.4 is 10.2 Å². The quantitative estimate of drug-likeness (QED) is 0.839. The molecule has 0 aromatic carbocycles. The number of aryl methyl sites for hydroxylation is 1. The van der Waals surface area contributed by atoms with E-state index in [0.29, 0.717) is 0 Å². The molecule has 1 aliphatic rings. The molecule has 0 amide bonds. The molecule has 2 rings (SSSR count). The van der Waals surface area contributed by atoms with Crippen molar-refractivity contribution in [1.82, 2.24) is 10.3 Å². The largest absolute Gasteiger partial charge is 0.381 e. The summed E-state index contributed by atoms with van der Waals surface area (Å²) in [6.45, 7) is 6.08. The van der Waals surface area contributed by atoms with Gasteiger partial charge in [0, 0.05) is 38.2 Å². The summed E-state index contributed by atoms with van der Waals surface area (Å²) in [7, 11) is 4.17. The van der Waals surface area contributed by atoms with Gasteiger partial charge in [0.1, 0.15) is 0 Å². The maximum absolute atomic E-state index is 5.43. The molecule has 0 saturated carbocycles. The molecule has 1 aliphatic heterocycles. The third-order valence-electron chi connectivity index (χ3n) is 3.79. The SMILES string of the molecule is CCCc1nc(N(C)CC2CCOCC2)sc1CNC. The minimum atomic E-state index is 0.750. The minimum absolute atomic E-state index is 0.750. The second-order valence-corrected chi connectivity index (χ2v) is 6.64. The summed E-state index contributed by atoms with van der Waals surface area (Å²) >= 11 is 1.84. The Morgan fingerprint density at radius 1 is 1.40 bits per heavy atom. The van der Waals surface area contributed by atoms with Crippen LogP contribution in [0.2, 0.25) is 0 Å². The van der Waals surface area contributed by atoms with Crippen molar-refractivity contribution in [3.8, 4) is 0 Å². The highest BCUT2D eigenvalue weighted by atomic mass is 32.1. The fourth-order valence-electron chi connectivity index (χ4n) is 2.66. The highest BCUT2D eigenvalue weighted by Crippen LogP contribution is 2.28. The van der Waals surface area contributed by atoms with Crippen LogP contribution in [0, 0.1) is 5.92 Å². The highest BCUT2D eigenvalue weighted by Gasteiger charge is 2.19. The lowest BCUT2D eigenvalue weighted by Crippen LogP contribution is -2.29. The van der Waals surface area contributed by atoms with E-state index in [2.05, 4.69) is 24.2 Å². The predicted molar refractivity (Wildman–Crippen MR) is 85.7 cm³/mol. The first-order chi connectivity index (χ1) is 9.74. The van der Waals surface area contributed by atoms with Gasteiger partial charge in [-0.1, -0.05) is 13.3 Å². The second kappa shape index (κ2) is 7.96. The molecule has 0 atom stereocenters. The van der Waals surface area contributed by atoms with Crippen LogP contribution in [0.5, 0.6) is 0 Å². The van der Waals surface area contributed by atoms with Gasteiger partial charge in [-0.3, -0.25) is 0 Å². The van der Waals surface area contributed by atoms with Gasteiger partial charge in [0.05, 0.1) is 5.69 Å². The van der Waals surface area contributed by atoms with Gasteiger partial charge in [-0.15, -0.1) is 11.3 Å². The first kappa shape index (κ1) is 15.7. The van der Waals surface area contributed by atoms with E-state index in [4.69, 9.17) is 9.72 Å². The summed E-state index contributed by atoms with van der Waals surface area (Å²) in [4.78, 5) is 8.58. The first-order valence-corrected chi connectivity index (χ1v) is 8.48. The van der Waals surface area contributed by atoms with E-state index in [0.717, 1.165) is 45.1 Å². The number of ether oxygens (including phenoxy) is 1. The Kier molecular flexibility index (Phi) is 6.26. The topological polar surface area (TPSA) is 37.4 Å². The van der Waals surface area contributed by atoms with Gasteiger partial charge in [-0.05, 0) is 32.2 Å². The van der Waals surface area contributed by atoms with Crippen molar-refractivity contribution in [2.24, 2.45) is 5.92 Å². The van der Waals surface area contributed by atoms with E-state index in [1.165, 1.54) is 28.5 Å². The van der Waals surface area contributed by atoms with Gasteiger partial charge in [-0.25, -0.2) is 4.98 Å². The number of hydrogen-bond donors (Lipinski definition) is 1. The van der Waals surface area contributed by atoms with Crippen molar-refractivity contribution in [2.45, 2.75) is 39.2 Å². The summed E-state index contributed by atoms with van der Waals surface area (Å²) in [5.41, 5.74) is 1.28. The van der Waals surface area contributed by atoms with Crippen LogP contribution in [0.25, 0.3) is 0 Å². The van der Waals surface area contributed by atoms with Crippen LogP contribution in [0.4, 0.5) is 5.13 Å². The predicted octanol–water partition coefficient (Wildman–Crippen LogP) is 2.68. The van der Waals surface area contributed by atoms with Gasteiger partial charge in [0.15, 0.2) is 5.13 Å². The van der Waals surface area contributed by atoms with Crippen molar-refractivity contribution in [3.05, 3.63) is 10.6 Å². The molecule has 2 heterocycles. The van der Waals surface area contributed by atoms with E-state index >= 15 is 0 Å². The standard InChI is InChI=1S/C15H27N3OS/c1-4-5-13-14(10-16-2)20-15(17-13)18(3)11-12-6-8-19-9-7-12/h12,16H,4-11H2,1-3H3. The van der Waals surface area contributed by atoms with Crippen LogP contribution >= 0.6 is 11.3 Å². The normalized spacial score (nSPS) is 16.6. The average Bonchev–Trinajstić information content (AvgIpc) is 2.84.